The SMILES string of the molecule is COc1cc(OC)cc(C(=O)C=Cc2ccc(C3C=CC=CO3)cc2)c1. The first-order chi connectivity index (χ1) is 12.7. The van der Waals surface area contributed by atoms with Gasteiger partial charge < -0.3 is 14.2 Å². The Bertz CT molecular complexity index is 838. The van der Waals surface area contributed by atoms with E-state index in [9.17, 15) is 4.79 Å². The van der Waals surface area contributed by atoms with Crippen LogP contribution in [-0.2, 0) is 4.74 Å². The van der Waals surface area contributed by atoms with Crippen molar-refractivity contribution in [1.29, 1.82) is 0 Å². The van der Waals surface area contributed by atoms with Crippen LogP contribution >= 0.6 is 0 Å². The Morgan fingerprint density at radius 1 is 1.00 bits per heavy atom. The molecular formula is C22H20O4. The molecule has 0 saturated heterocycles. The maximum absolute atomic E-state index is 12.4. The van der Waals surface area contributed by atoms with Crippen LogP contribution in [0.25, 0.3) is 6.08 Å². The summed E-state index contributed by atoms with van der Waals surface area (Å²) in [4.78, 5) is 12.4. The zero-order chi connectivity index (χ0) is 18.4. The Kier molecular flexibility index (Phi) is 5.54. The summed E-state index contributed by atoms with van der Waals surface area (Å²) in [6, 6.07) is 13.0. The smallest absolute Gasteiger partial charge is 0.186 e. The quantitative estimate of drug-likeness (QED) is 0.559. The monoisotopic (exact) mass is 348 g/mol. The van der Waals surface area contributed by atoms with Gasteiger partial charge in [0.25, 0.3) is 0 Å². The highest BCUT2D eigenvalue weighted by molar-refractivity contribution is 6.07. The van der Waals surface area contributed by atoms with E-state index in [1.165, 1.54) is 0 Å². The van der Waals surface area contributed by atoms with Crippen molar-refractivity contribution in [2.45, 2.75) is 6.10 Å². The summed E-state index contributed by atoms with van der Waals surface area (Å²) in [7, 11) is 3.11. The zero-order valence-corrected chi connectivity index (χ0v) is 14.7. The van der Waals surface area contributed by atoms with E-state index in [0.717, 1.165) is 11.1 Å². The molecular weight excluding hydrogens is 328 g/mol. The number of rotatable bonds is 6. The van der Waals surface area contributed by atoms with Gasteiger partial charge in [-0.15, -0.1) is 0 Å². The maximum Gasteiger partial charge on any atom is 0.186 e. The Morgan fingerprint density at radius 3 is 2.27 bits per heavy atom. The van der Waals surface area contributed by atoms with Gasteiger partial charge in [-0.1, -0.05) is 36.4 Å². The van der Waals surface area contributed by atoms with Crippen molar-refractivity contribution in [3.63, 3.8) is 0 Å². The number of ketones is 1. The maximum atomic E-state index is 12.4. The van der Waals surface area contributed by atoms with Gasteiger partial charge in [-0.2, -0.15) is 0 Å². The summed E-state index contributed by atoms with van der Waals surface area (Å²) >= 11 is 0. The second kappa shape index (κ2) is 8.21. The van der Waals surface area contributed by atoms with Crippen molar-refractivity contribution in [3.8, 4) is 11.5 Å². The third-order valence-corrected chi connectivity index (χ3v) is 4.03. The lowest BCUT2D eigenvalue weighted by Gasteiger charge is -2.15. The molecule has 1 aliphatic rings. The lowest BCUT2D eigenvalue weighted by molar-refractivity contribution is 0.104. The van der Waals surface area contributed by atoms with Gasteiger partial charge in [0.1, 0.15) is 17.6 Å². The van der Waals surface area contributed by atoms with Crippen LogP contribution in [0.3, 0.4) is 0 Å². The van der Waals surface area contributed by atoms with E-state index in [2.05, 4.69) is 0 Å². The Morgan fingerprint density at radius 2 is 1.69 bits per heavy atom. The molecule has 1 aliphatic heterocycles. The van der Waals surface area contributed by atoms with E-state index in [1.807, 2.05) is 42.5 Å². The fraction of sp³-hybridized carbons (Fsp3) is 0.136. The third-order valence-electron chi connectivity index (χ3n) is 4.03. The fourth-order valence-electron chi connectivity index (χ4n) is 2.59. The average molecular weight is 348 g/mol. The molecule has 0 saturated carbocycles. The molecule has 132 valence electrons. The van der Waals surface area contributed by atoms with Crippen LogP contribution in [0.2, 0.25) is 0 Å². The summed E-state index contributed by atoms with van der Waals surface area (Å²) in [5, 5.41) is 0. The lowest BCUT2D eigenvalue weighted by atomic mass is 10.0. The van der Waals surface area contributed by atoms with E-state index in [4.69, 9.17) is 14.2 Å². The van der Waals surface area contributed by atoms with Crippen molar-refractivity contribution >= 4 is 11.9 Å². The molecule has 4 heteroatoms. The average Bonchev–Trinajstić information content (AvgIpc) is 2.72. The Balaban J connectivity index is 1.72. The van der Waals surface area contributed by atoms with Crippen LogP contribution in [0.4, 0.5) is 0 Å². The topological polar surface area (TPSA) is 44.8 Å². The van der Waals surface area contributed by atoms with Gasteiger partial charge in [0.2, 0.25) is 0 Å². The zero-order valence-electron chi connectivity index (χ0n) is 14.7. The van der Waals surface area contributed by atoms with E-state index in [1.54, 1.807) is 50.8 Å². The summed E-state index contributed by atoms with van der Waals surface area (Å²) < 4.78 is 15.9. The summed E-state index contributed by atoms with van der Waals surface area (Å²) in [5.74, 6) is 1.05. The van der Waals surface area contributed by atoms with Crippen molar-refractivity contribution < 1.29 is 19.0 Å². The van der Waals surface area contributed by atoms with E-state index < -0.39 is 0 Å². The predicted octanol–water partition coefficient (Wildman–Crippen LogP) is 4.74. The van der Waals surface area contributed by atoms with Crippen LogP contribution in [0, 0.1) is 0 Å². The molecule has 0 spiro atoms. The van der Waals surface area contributed by atoms with Crippen LogP contribution < -0.4 is 9.47 Å². The number of carbonyl (C=O) groups excluding carboxylic acids is 1. The molecule has 0 aliphatic carbocycles. The molecule has 1 unspecified atom stereocenters. The first-order valence-corrected chi connectivity index (χ1v) is 8.24. The van der Waals surface area contributed by atoms with Crippen LogP contribution in [0.15, 0.2) is 73.0 Å². The van der Waals surface area contributed by atoms with Crippen molar-refractivity contribution in [2.75, 3.05) is 14.2 Å². The van der Waals surface area contributed by atoms with E-state index in [0.29, 0.717) is 17.1 Å². The molecule has 0 radical (unpaired) electrons. The normalized spacial score (nSPS) is 15.7. The van der Waals surface area contributed by atoms with Crippen LogP contribution in [0.5, 0.6) is 11.5 Å². The number of hydrogen-bond acceptors (Lipinski definition) is 4. The van der Waals surface area contributed by atoms with Gasteiger partial charge >= 0.3 is 0 Å². The van der Waals surface area contributed by atoms with Gasteiger partial charge in [0.05, 0.1) is 20.5 Å². The highest BCUT2D eigenvalue weighted by Crippen LogP contribution is 2.24. The second-order valence-corrected chi connectivity index (χ2v) is 5.74. The number of hydrogen-bond donors (Lipinski definition) is 0. The minimum absolute atomic E-state index is 0.0658. The number of benzene rings is 2. The molecule has 1 heterocycles. The Labute approximate surface area is 153 Å². The predicted molar refractivity (Wildman–Crippen MR) is 101 cm³/mol. The molecule has 0 amide bonds. The summed E-state index contributed by atoms with van der Waals surface area (Å²) in [6.45, 7) is 0. The van der Waals surface area contributed by atoms with Crippen LogP contribution in [-0.4, -0.2) is 20.0 Å². The van der Waals surface area contributed by atoms with Gasteiger partial charge in [-0.05, 0) is 41.5 Å². The molecule has 2 aromatic carbocycles. The molecule has 0 aromatic heterocycles. The van der Waals surface area contributed by atoms with E-state index in [-0.39, 0.29) is 11.9 Å². The standard InChI is InChI=1S/C22H20O4/c1-24-19-13-18(14-20(15-19)25-2)21(23)11-8-16-6-9-17(10-7-16)22-5-3-4-12-26-22/h3-15,22H,1-2H3. The third kappa shape index (κ3) is 4.22. The Hall–Kier alpha value is -3.27. The number of methoxy groups -OCH3 is 2. The van der Waals surface area contributed by atoms with Crippen LogP contribution in [0.1, 0.15) is 27.6 Å². The minimum Gasteiger partial charge on any atom is -0.497 e. The fourth-order valence-corrected chi connectivity index (χ4v) is 2.59. The molecule has 0 N–H and O–H groups in total. The molecule has 2 aromatic rings. The van der Waals surface area contributed by atoms with Gasteiger partial charge in [-0.3, -0.25) is 4.79 Å². The van der Waals surface area contributed by atoms with Gasteiger partial charge in [0, 0.05) is 11.6 Å². The van der Waals surface area contributed by atoms with Crippen molar-refractivity contribution in [3.05, 3.63) is 89.7 Å². The number of allylic oxidation sites excluding steroid dienone is 3. The largest absolute Gasteiger partial charge is 0.497 e. The van der Waals surface area contributed by atoms with Gasteiger partial charge in [0.15, 0.2) is 5.78 Å². The highest BCUT2D eigenvalue weighted by Gasteiger charge is 2.09. The minimum atomic E-state index is -0.116. The first-order valence-electron chi connectivity index (χ1n) is 8.24. The molecule has 3 rings (SSSR count). The lowest BCUT2D eigenvalue weighted by Crippen LogP contribution is -1.99. The van der Waals surface area contributed by atoms with E-state index >= 15 is 0 Å². The number of ether oxygens (including phenoxy) is 3. The first kappa shape index (κ1) is 17.5. The highest BCUT2D eigenvalue weighted by atomic mass is 16.5. The van der Waals surface area contributed by atoms with Crippen molar-refractivity contribution in [2.24, 2.45) is 0 Å². The molecule has 1 atom stereocenters. The van der Waals surface area contributed by atoms with Gasteiger partial charge in [-0.25, -0.2) is 0 Å². The second-order valence-electron chi connectivity index (χ2n) is 5.74. The summed E-state index contributed by atoms with van der Waals surface area (Å²) in [5.41, 5.74) is 2.51. The number of carbonyl (C=O) groups is 1. The molecule has 0 bridgehead atoms. The molecule has 0 fully saturated rings. The summed E-state index contributed by atoms with van der Waals surface area (Å²) in [6.07, 6.45) is 10.8. The van der Waals surface area contributed by atoms with Crippen molar-refractivity contribution in [1.82, 2.24) is 0 Å². The molecule has 26 heavy (non-hydrogen) atoms. The molecule has 4 nitrogen and oxygen atoms in total.